The number of benzene rings is 3. The molecule has 3 aromatic carbocycles. The lowest BCUT2D eigenvalue weighted by molar-refractivity contribution is -0.133. The Morgan fingerprint density at radius 1 is 0.854 bits per heavy atom. The molecular weight excluding hydrogens is 520 g/mol. The predicted molar refractivity (Wildman–Crippen MR) is 157 cm³/mol. The van der Waals surface area contributed by atoms with Crippen LogP contribution in [0.15, 0.2) is 72.8 Å². The van der Waals surface area contributed by atoms with E-state index in [1.165, 1.54) is 18.0 Å². The summed E-state index contributed by atoms with van der Waals surface area (Å²) in [6, 6.07) is 20.7. The largest absolute Gasteiger partial charge is 0.391 e. The molecule has 0 heterocycles. The average molecular weight is 557 g/mol. The molecule has 6 N–H and O–H groups in total. The zero-order valence-corrected chi connectivity index (χ0v) is 23.6. The first-order chi connectivity index (χ1) is 19.5. The van der Waals surface area contributed by atoms with Crippen molar-refractivity contribution in [3.8, 4) is 11.8 Å². The SMILES string of the molecule is CC(O)C(NC(=O)c1ccc(C#Cc2ccc(NC(=O)CNCc3ccc(C(C)(C)C)cc3)cc2)cc1)C(=O)NO. The van der Waals surface area contributed by atoms with Crippen molar-refractivity contribution < 1.29 is 24.7 Å². The molecule has 0 saturated carbocycles. The second kappa shape index (κ2) is 14.2. The summed E-state index contributed by atoms with van der Waals surface area (Å²) in [5.41, 5.74) is 6.25. The Kier molecular flexibility index (Phi) is 10.8. The van der Waals surface area contributed by atoms with Gasteiger partial charge < -0.3 is 21.1 Å². The quantitative estimate of drug-likeness (QED) is 0.136. The Morgan fingerprint density at radius 2 is 1.41 bits per heavy atom. The molecule has 0 fully saturated rings. The van der Waals surface area contributed by atoms with Crippen LogP contribution in [0.25, 0.3) is 0 Å². The van der Waals surface area contributed by atoms with Crippen LogP contribution in [0.1, 0.15) is 60.3 Å². The molecule has 0 spiro atoms. The van der Waals surface area contributed by atoms with Crippen molar-refractivity contribution in [1.82, 2.24) is 16.1 Å². The van der Waals surface area contributed by atoms with Crippen molar-refractivity contribution in [2.45, 2.75) is 51.8 Å². The Hall–Kier alpha value is -4.49. The molecule has 3 aromatic rings. The highest BCUT2D eigenvalue weighted by Crippen LogP contribution is 2.22. The standard InChI is InChI=1S/C32H36N4O5/c1-21(37)29(31(40)36-41)35-30(39)25-13-7-22(8-14-25)5-6-23-11-17-27(18-12-23)34-28(38)20-33-19-24-9-15-26(16-10-24)32(2,3)4/h7-18,21,29,33,37,41H,19-20H2,1-4H3,(H,34,38)(H,35,39)(H,36,40). The van der Waals surface area contributed by atoms with Crippen molar-refractivity contribution in [3.63, 3.8) is 0 Å². The van der Waals surface area contributed by atoms with Gasteiger partial charge in [-0.2, -0.15) is 0 Å². The van der Waals surface area contributed by atoms with Crippen molar-refractivity contribution in [2.75, 3.05) is 11.9 Å². The first-order valence-corrected chi connectivity index (χ1v) is 13.2. The summed E-state index contributed by atoms with van der Waals surface area (Å²) in [5, 5.41) is 26.8. The summed E-state index contributed by atoms with van der Waals surface area (Å²) >= 11 is 0. The van der Waals surface area contributed by atoms with Crippen LogP contribution in [0, 0.1) is 11.8 Å². The minimum absolute atomic E-state index is 0.105. The van der Waals surface area contributed by atoms with Gasteiger partial charge in [-0.25, -0.2) is 5.48 Å². The molecule has 41 heavy (non-hydrogen) atoms. The Bertz CT molecular complexity index is 1400. The van der Waals surface area contributed by atoms with E-state index in [9.17, 15) is 19.5 Å². The average Bonchev–Trinajstić information content (AvgIpc) is 2.95. The number of hydrogen-bond donors (Lipinski definition) is 6. The van der Waals surface area contributed by atoms with Gasteiger partial charge in [0.15, 0.2) is 0 Å². The number of nitrogens with one attached hydrogen (secondary N) is 4. The van der Waals surface area contributed by atoms with Gasteiger partial charge >= 0.3 is 0 Å². The molecule has 9 heteroatoms. The molecule has 3 rings (SSSR count). The fraction of sp³-hybridized carbons (Fsp3) is 0.281. The van der Waals surface area contributed by atoms with E-state index >= 15 is 0 Å². The highest BCUT2D eigenvalue weighted by atomic mass is 16.5. The number of anilines is 1. The Labute approximate surface area is 240 Å². The maximum atomic E-state index is 12.4. The molecule has 0 saturated heterocycles. The fourth-order valence-corrected chi connectivity index (χ4v) is 3.83. The summed E-state index contributed by atoms with van der Waals surface area (Å²) in [5.74, 6) is 4.40. The van der Waals surface area contributed by atoms with E-state index in [-0.39, 0.29) is 23.4 Å². The lowest BCUT2D eigenvalue weighted by atomic mass is 9.87. The fourth-order valence-electron chi connectivity index (χ4n) is 3.83. The molecule has 0 aliphatic carbocycles. The van der Waals surface area contributed by atoms with Gasteiger partial charge in [0.1, 0.15) is 6.04 Å². The van der Waals surface area contributed by atoms with E-state index in [1.807, 2.05) is 0 Å². The van der Waals surface area contributed by atoms with E-state index in [4.69, 9.17) is 5.21 Å². The van der Waals surface area contributed by atoms with E-state index < -0.39 is 24.0 Å². The number of carbonyl (C=O) groups excluding carboxylic acids is 3. The molecule has 9 nitrogen and oxygen atoms in total. The normalized spacial score (nSPS) is 12.3. The molecule has 2 unspecified atom stereocenters. The van der Waals surface area contributed by atoms with Crippen LogP contribution in [0.2, 0.25) is 0 Å². The molecular formula is C32H36N4O5. The lowest BCUT2D eigenvalue weighted by Crippen LogP contribution is -2.51. The van der Waals surface area contributed by atoms with Gasteiger partial charge in [-0.3, -0.25) is 19.6 Å². The van der Waals surface area contributed by atoms with Crippen LogP contribution in [0.4, 0.5) is 5.69 Å². The van der Waals surface area contributed by atoms with Gasteiger partial charge in [0.25, 0.3) is 11.8 Å². The van der Waals surface area contributed by atoms with E-state index in [0.717, 1.165) is 11.1 Å². The summed E-state index contributed by atoms with van der Waals surface area (Å²) in [6.07, 6.45) is -1.20. The van der Waals surface area contributed by atoms with Crippen LogP contribution < -0.4 is 21.4 Å². The monoisotopic (exact) mass is 556 g/mol. The zero-order chi connectivity index (χ0) is 30.0. The smallest absolute Gasteiger partial charge is 0.268 e. The van der Waals surface area contributed by atoms with Crippen molar-refractivity contribution in [1.29, 1.82) is 0 Å². The number of rotatable bonds is 9. The van der Waals surface area contributed by atoms with Crippen LogP contribution in [0.3, 0.4) is 0 Å². The third-order valence-electron chi connectivity index (χ3n) is 6.26. The van der Waals surface area contributed by atoms with Crippen LogP contribution in [-0.4, -0.2) is 46.7 Å². The van der Waals surface area contributed by atoms with Gasteiger partial charge in [0.2, 0.25) is 5.91 Å². The topological polar surface area (TPSA) is 140 Å². The third-order valence-corrected chi connectivity index (χ3v) is 6.26. The molecule has 0 aliphatic heterocycles. The minimum Gasteiger partial charge on any atom is -0.391 e. The van der Waals surface area contributed by atoms with E-state index in [2.05, 4.69) is 72.8 Å². The summed E-state index contributed by atoms with van der Waals surface area (Å²) in [4.78, 5) is 36.3. The van der Waals surface area contributed by atoms with Gasteiger partial charge in [0.05, 0.1) is 12.6 Å². The second-order valence-electron chi connectivity index (χ2n) is 10.7. The predicted octanol–water partition coefficient (Wildman–Crippen LogP) is 3.10. The zero-order valence-electron chi connectivity index (χ0n) is 23.6. The highest BCUT2D eigenvalue weighted by Gasteiger charge is 2.25. The first-order valence-electron chi connectivity index (χ1n) is 13.2. The van der Waals surface area contributed by atoms with Crippen LogP contribution in [0.5, 0.6) is 0 Å². The lowest BCUT2D eigenvalue weighted by Gasteiger charge is -2.19. The second-order valence-corrected chi connectivity index (χ2v) is 10.7. The maximum absolute atomic E-state index is 12.4. The van der Waals surface area contributed by atoms with Gasteiger partial charge in [-0.15, -0.1) is 0 Å². The van der Waals surface area contributed by atoms with Crippen LogP contribution >= 0.6 is 0 Å². The van der Waals surface area contributed by atoms with Gasteiger partial charge in [-0.1, -0.05) is 56.9 Å². The van der Waals surface area contributed by atoms with Crippen molar-refractivity contribution >= 4 is 23.4 Å². The maximum Gasteiger partial charge on any atom is 0.268 e. The number of hydrogen-bond acceptors (Lipinski definition) is 6. The van der Waals surface area contributed by atoms with Gasteiger partial charge in [0, 0.05) is 28.9 Å². The minimum atomic E-state index is -1.30. The third kappa shape index (κ3) is 9.58. The number of aliphatic hydroxyl groups is 1. The number of hydroxylamine groups is 1. The Balaban J connectivity index is 1.48. The molecule has 0 bridgehead atoms. The summed E-state index contributed by atoms with van der Waals surface area (Å²) in [7, 11) is 0. The van der Waals surface area contributed by atoms with Crippen LogP contribution in [-0.2, 0) is 21.5 Å². The molecule has 0 aromatic heterocycles. The van der Waals surface area contributed by atoms with Crippen molar-refractivity contribution in [3.05, 3.63) is 101 Å². The van der Waals surface area contributed by atoms with E-state index in [0.29, 0.717) is 17.8 Å². The highest BCUT2D eigenvalue weighted by molar-refractivity contribution is 5.97. The summed E-state index contributed by atoms with van der Waals surface area (Å²) < 4.78 is 0. The Morgan fingerprint density at radius 3 is 1.93 bits per heavy atom. The molecule has 214 valence electrons. The van der Waals surface area contributed by atoms with E-state index in [1.54, 1.807) is 48.5 Å². The molecule has 0 aliphatic rings. The van der Waals surface area contributed by atoms with Gasteiger partial charge in [-0.05, 0) is 72.0 Å². The molecule has 0 radical (unpaired) electrons. The van der Waals surface area contributed by atoms with Crippen molar-refractivity contribution in [2.24, 2.45) is 0 Å². The number of aliphatic hydroxyl groups excluding tert-OH is 1. The number of amides is 3. The number of carbonyl (C=O) groups is 3. The summed E-state index contributed by atoms with van der Waals surface area (Å²) in [6.45, 7) is 8.64. The molecule has 2 atom stereocenters. The molecule has 3 amide bonds. The first kappa shape index (κ1) is 31.0.